The first-order valence-corrected chi connectivity index (χ1v) is 3.41. The molecule has 1 heterocycles. The van der Waals surface area contributed by atoms with Crippen LogP contribution in [0.2, 0.25) is 0 Å². The molecule has 4 heteroatoms. The third kappa shape index (κ3) is 1.14. The van der Waals surface area contributed by atoms with Crippen molar-refractivity contribution in [3.63, 3.8) is 0 Å². The average molecular weight is 132 g/mol. The van der Waals surface area contributed by atoms with Gasteiger partial charge in [-0.15, -0.1) is 11.8 Å². The molecule has 46 valence electrons. The third-order valence-electron chi connectivity index (χ3n) is 0.930. The summed E-state index contributed by atoms with van der Waals surface area (Å²) in [5.74, 6) is -0.133. The lowest BCUT2D eigenvalue weighted by Gasteiger charge is -2.07. The van der Waals surface area contributed by atoms with Crippen LogP contribution >= 0.6 is 11.8 Å². The molecule has 0 amide bonds. The molecule has 8 heavy (non-hydrogen) atoms. The number of carbonyl (C=O) groups is 1. The van der Waals surface area contributed by atoms with Crippen molar-refractivity contribution in [2.75, 3.05) is 12.3 Å². The molecule has 0 aromatic carbocycles. The number of thioether (sulfide) groups is 1. The molecular formula is C4H6NO2S-. The van der Waals surface area contributed by atoms with E-state index in [0.29, 0.717) is 0 Å². The van der Waals surface area contributed by atoms with Crippen LogP contribution in [0.5, 0.6) is 0 Å². The molecule has 0 radical (unpaired) electrons. The van der Waals surface area contributed by atoms with Crippen LogP contribution in [-0.4, -0.2) is 23.6 Å². The highest BCUT2D eigenvalue weighted by Crippen LogP contribution is 2.11. The molecule has 1 N–H and O–H groups in total. The molecule has 1 aliphatic rings. The highest BCUT2D eigenvalue weighted by Gasteiger charge is 2.14. The van der Waals surface area contributed by atoms with Crippen LogP contribution in [0.4, 0.5) is 0 Å². The minimum atomic E-state index is -1.01. The van der Waals surface area contributed by atoms with Crippen molar-refractivity contribution in [2.45, 2.75) is 5.37 Å². The van der Waals surface area contributed by atoms with Crippen molar-refractivity contribution < 1.29 is 9.90 Å². The van der Waals surface area contributed by atoms with E-state index in [1.54, 1.807) is 0 Å². The Morgan fingerprint density at radius 3 is 2.88 bits per heavy atom. The molecule has 1 aliphatic heterocycles. The van der Waals surface area contributed by atoms with E-state index in [1.165, 1.54) is 11.8 Å². The van der Waals surface area contributed by atoms with Gasteiger partial charge in [0.05, 0.1) is 11.3 Å². The van der Waals surface area contributed by atoms with E-state index in [1.807, 2.05) is 0 Å². The highest BCUT2D eigenvalue weighted by molar-refractivity contribution is 8.00. The Bertz CT molecular complexity index is 100. The lowest BCUT2D eigenvalue weighted by Crippen LogP contribution is -2.39. The molecule has 0 saturated carbocycles. The molecule has 3 nitrogen and oxygen atoms in total. The smallest absolute Gasteiger partial charge is 0.0935 e. The fraction of sp³-hybridized carbons (Fsp3) is 0.750. The predicted molar refractivity (Wildman–Crippen MR) is 29.3 cm³/mol. The van der Waals surface area contributed by atoms with Gasteiger partial charge >= 0.3 is 0 Å². The first-order valence-electron chi connectivity index (χ1n) is 2.36. The van der Waals surface area contributed by atoms with Gasteiger partial charge < -0.3 is 9.90 Å². The Kier molecular flexibility index (Phi) is 1.75. The number of hydrogen-bond donors (Lipinski definition) is 1. The average Bonchev–Trinajstić information content (AvgIpc) is 2.12. The summed E-state index contributed by atoms with van der Waals surface area (Å²) in [5.41, 5.74) is 0. The van der Waals surface area contributed by atoms with E-state index in [-0.39, 0.29) is 0 Å². The maximum absolute atomic E-state index is 10.0. The predicted octanol–water partition coefficient (Wildman–Crippen LogP) is -1.60. The topological polar surface area (TPSA) is 52.2 Å². The summed E-state index contributed by atoms with van der Waals surface area (Å²) in [5, 5.41) is 12.3. The van der Waals surface area contributed by atoms with Crippen LogP contribution in [-0.2, 0) is 4.79 Å². The standard InChI is InChI=1S/C4H7NO2S/c6-4(7)3-5-1-2-8-3/h3,5H,1-2H2,(H,6,7)/p-1. The zero-order valence-electron chi connectivity index (χ0n) is 4.22. The SMILES string of the molecule is O=C([O-])C1NCCS1. The number of rotatable bonds is 1. The second-order valence-electron chi connectivity index (χ2n) is 1.52. The molecule has 1 unspecified atom stereocenters. The van der Waals surface area contributed by atoms with Gasteiger partial charge in [0, 0.05) is 12.3 Å². The van der Waals surface area contributed by atoms with Gasteiger partial charge in [-0.25, -0.2) is 0 Å². The Labute approximate surface area is 51.5 Å². The normalized spacial score (nSPS) is 28.2. The molecule has 1 fully saturated rings. The Balaban J connectivity index is 2.35. The van der Waals surface area contributed by atoms with Gasteiger partial charge in [-0.05, 0) is 0 Å². The van der Waals surface area contributed by atoms with Crippen LogP contribution in [0.25, 0.3) is 0 Å². The molecule has 1 saturated heterocycles. The largest absolute Gasteiger partial charge is 0.547 e. The van der Waals surface area contributed by atoms with Crippen molar-refractivity contribution in [2.24, 2.45) is 0 Å². The zero-order valence-corrected chi connectivity index (χ0v) is 5.03. The lowest BCUT2D eigenvalue weighted by molar-refractivity contribution is -0.305. The number of carbonyl (C=O) groups excluding carboxylic acids is 1. The van der Waals surface area contributed by atoms with Gasteiger partial charge in [0.15, 0.2) is 0 Å². The first kappa shape index (κ1) is 5.91. The van der Waals surface area contributed by atoms with Gasteiger partial charge in [0.2, 0.25) is 0 Å². The van der Waals surface area contributed by atoms with Crippen molar-refractivity contribution in [3.8, 4) is 0 Å². The quantitative estimate of drug-likeness (QED) is 0.467. The molecule has 1 rings (SSSR count). The third-order valence-corrected chi connectivity index (χ3v) is 2.06. The molecule has 1 atom stereocenters. The van der Waals surface area contributed by atoms with Crippen LogP contribution in [0, 0.1) is 0 Å². The molecule has 0 spiro atoms. The van der Waals surface area contributed by atoms with Gasteiger partial charge in [-0.1, -0.05) is 0 Å². The van der Waals surface area contributed by atoms with Gasteiger partial charge in [0.1, 0.15) is 0 Å². The Morgan fingerprint density at radius 2 is 2.62 bits per heavy atom. The van der Waals surface area contributed by atoms with Crippen molar-refractivity contribution in [1.82, 2.24) is 5.32 Å². The molecular weight excluding hydrogens is 126 g/mol. The molecule has 0 aromatic rings. The van der Waals surface area contributed by atoms with Gasteiger partial charge in [0.25, 0.3) is 0 Å². The summed E-state index contributed by atoms with van der Waals surface area (Å²) in [7, 11) is 0. The van der Waals surface area contributed by atoms with Gasteiger partial charge in [-0.3, -0.25) is 5.32 Å². The van der Waals surface area contributed by atoms with E-state index in [2.05, 4.69) is 5.32 Å². The number of carboxylic acids is 1. The monoisotopic (exact) mass is 132 g/mol. The van der Waals surface area contributed by atoms with Gasteiger partial charge in [-0.2, -0.15) is 0 Å². The summed E-state index contributed by atoms with van der Waals surface area (Å²) in [4.78, 5) is 10.0. The first-order chi connectivity index (χ1) is 3.80. The Hall–Kier alpha value is -0.220. The number of aliphatic carboxylic acids is 1. The molecule has 0 bridgehead atoms. The fourth-order valence-electron chi connectivity index (χ4n) is 0.577. The summed E-state index contributed by atoms with van der Waals surface area (Å²) < 4.78 is 0. The zero-order chi connectivity index (χ0) is 5.98. The van der Waals surface area contributed by atoms with Crippen molar-refractivity contribution in [1.29, 1.82) is 0 Å². The molecule has 0 aliphatic carbocycles. The second kappa shape index (κ2) is 2.37. The van der Waals surface area contributed by atoms with E-state index >= 15 is 0 Å². The van der Waals surface area contributed by atoms with E-state index in [0.717, 1.165) is 12.3 Å². The second-order valence-corrected chi connectivity index (χ2v) is 2.74. The summed E-state index contributed by atoms with van der Waals surface area (Å²) in [6, 6.07) is 0. The minimum absolute atomic E-state index is 0.463. The maximum Gasteiger partial charge on any atom is 0.0935 e. The summed E-state index contributed by atoms with van der Waals surface area (Å²) in [6.07, 6.45) is 0. The number of hydrogen-bond acceptors (Lipinski definition) is 4. The molecule has 0 aromatic heterocycles. The lowest BCUT2D eigenvalue weighted by atomic mass is 10.6. The van der Waals surface area contributed by atoms with Crippen molar-refractivity contribution in [3.05, 3.63) is 0 Å². The van der Waals surface area contributed by atoms with Crippen LogP contribution < -0.4 is 10.4 Å². The summed E-state index contributed by atoms with van der Waals surface area (Å²) >= 11 is 1.38. The van der Waals surface area contributed by atoms with Crippen LogP contribution in [0.1, 0.15) is 0 Å². The highest BCUT2D eigenvalue weighted by atomic mass is 32.2. The number of carboxylic acid groups (broad SMARTS) is 1. The Morgan fingerprint density at radius 1 is 1.88 bits per heavy atom. The summed E-state index contributed by atoms with van der Waals surface area (Å²) in [6.45, 7) is 0.781. The minimum Gasteiger partial charge on any atom is -0.547 e. The maximum atomic E-state index is 10.0. The number of nitrogens with one attached hydrogen (secondary N) is 1. The van der Waals surface area contributed by atoms with Crippen LogP contribution in [0.15, 0.2) is 0 Å². The van der Waals surface area contributed by atoms with Crippen molar-refractivity contribution >= 4 is 17.7 Å². The van der Waals surface area contributed by atoms with E-state index in [9.17, 15) is 9.90 Å². The van der Waals surface area contributed by atoms with E-state index < -0.39 is 11.3 Å². The van der Waals surface area contributed by atoms with Crippen LogP contribution in [0.3, 0.4) is 0 Å². The fourth-order valence-corrected chi connectivity index (χ4v) is 1.42. The van der Waals surface area contributed by atoms with E-state index in [4.69, 9.17) is 0 Å².